The minimum Gasteiger partial charge on any atom is -0.478 e. The molecular weight excluding hydrogens is 216 g/mol. The van der Waals surface area contributed by atoms with Crippen molar-refractivity contribution in [3.8, 4) is 11.3 Å². The van der Waals surface area contributed by atoms with Crippen molar-refractivity contribution in [2.75, 3.05) is 0 Å². The first kappa shape index (κ1) is 11.4. The standard InChI is InChI=1S/C13H14N2O2/c1-2-8-15-9-11(13(16)17)12(14-15)10-6-4-3-5-7-10/h3-7,9H,2,8H2,1H3,(H,16,17). The summed E-state index contributed by atoms with van der Waals surface area (Å²) in [6.45, 7) is 2.76. The van der Waals surface area contributed by atoms with Crippen LogP contribution in [0.4, 0.5) is 0 Å². The molecule has 0 aliphatic carbocycles. The second-order valence-electron chi connectivity index (χ2n) is 3.83. The van der Waals surface area contributed by atoms with Crippen molar-refractivity contribution in [1.29, 1.82) is 0 Å². The smallest absolute Gasteiger partial charge is 0.339 e. The highest BCUT2D eigenvalue weighted by molar-refractivity contribution is 5.94. The first-order valence-electron chi connectivity index (χ1n) is 5.58. The monoisotopic (exact) mass is 230 g/mol. The molecule has 0 spiro atoms. The summed E-state index contributed by atoms with van der Waals surface area (Å²) in [5, 5.41) is 13.5. The highest BCUT2D eigenvalue weighted by Gasteiger charge is 2.16. The van der Waals surface area contributed by atoms with Gasteiger partial charge in [-0.05, 0) is 6.42 Å². The van der Waals surface area contributed by atoms with Gasteiger partial charge in [0.15, 0.2) is 0 Å². The zero-order chi connectivity index (χ0) is 12.3. The lowest BCUT2D eigenvalue weighted by Gasteiger charge is -1.98. The number of hydrogen-bond donors (Lipinski definition) is 1. The van der Waals surface area contributed by atoms with Crippen LogP contribution >= 0.6 is 0 Å². The highest BCUT2D eigenvalue weighted by atomic mass is 16.4. The van der Waals surface area contributed by atoms with E-state index in [4.69, 9.17) is 5.11 Å². The Hall–Kier alpha value is -2.10. The Morgan fingerprint density at radius 3 is 2.65 bits per heavy atom. The minimum absolute atomic E-state index is 0.254. The largest absolute Gasteiger partial charge is 0.478 e. The topological polar surface area (TPSA) is 55.1 Å². The molecule has 1 N–H and O–H groups in total. The molecule has 1 aromatic heterocycles. The molecule has 88 valence electrons. The van der Waals surface area contributed by atoms with Crippen molar-refractivity contribution in [2.45, 2.75) is 19.9 Å². The average Bonchev–Trinajstić information content (AvgIpc) is 2.75. The fraction of sp³-hybridized carbons (Fsp3) is 0.231. The van der Waals surface area contributed by atoms with Gasteiger partial charge >= 0.3 is 5.97 Å². The van der Waals surface area contributed by atoms with Crippen LogP contribution in [-0.2, 0) is 6.54 Å². The Labute approximate surface area is 99.5 Å². The summed E-state index contributed by atoms with van der Waals surface area (Å²) < 4.78 is 1.69. The number of hydrogen-bond acceptors (Lipinski definition) is 2. The van der Waals surface area contributed by atoms with Crippen LogP contribution in [0.15, 0.2) is 36.5 Å². The lowest BCUT2D eigenvalue weighted by atomic mass is 10.1. The molecule has 4 heteroatoms. The summed E-state index contributed by atoms with van der Waals surface area (Å²) >= 11 is 0. The summed E-state index contributed by atoms with van der Waals surface area (Å²) in [6, 6.07) is 9.38. The van der Waals surface area contributed by atoms with E-state index >= 15 is 0 Å². The van der Waals surface area contributed by atoms with Gasteiger partial charge < -0.3 is 5.11 Å². The van der Waals surface area contributed by atoms with Gasteiger partial charge in [-0.2, -0.15) is 5.10 Å². The van der Waals surface area contributed by atoms with E-state index in [1.807, 2.05) is 37.3 Å². The van der Waals surface area contributed by atoms with Gasteiger partial charge in [0, 0.05) is 18.3 Å². The van der Waals surface area contributed by atoms with Crippen molar-refractivity contribution in [3.63, 3.8) is 0 Å². The van der Waals surface area contributed by atoms with E-state index in [0.717, 1.165) is 18.5 Å². The van der Waals surface area contributed by atoms with Gasteiger partial charge in [0.05, 0.1) is 0 Å². The van der Waals surface area contributed by atoms with Crippen molar-refractivity contribution in [2.24, 2.45) is 0 Å². The maximum absolute atomic E-state index is 11.2. The van der Waals surface area contributed by atoms with E-state index in [1.54, 1.807) is 10.9 Å². The van der Waals surface area contributed by atoms with Gasteiger partial charge in [-0.15, -0.1) is 0 Å². The summed E-state index contributed by atoms with van der Waals surface area (Å²) in [7, 11) is 0. The summed E-state index contributed by atoms with van der Waals surface area (Å²) in [5.41, 5.74) is 1.62. The molecule has 0 saturated heterocycles. The fourth-order valence-electron chi connectivity index (χ4n) is 1.73. The number of aromatic carboxylic acids is 1. The molecule has 0 bridgehead atoms. The van der Waals surface area contributed by atoms with Crippen molar-refractivity contribution < 1.29 is 9.90 Å². The molecule has 0 saturated carbocycles. The van der Waals surface area contributed by atoms with Gasteiger partial charge in [-0.25, -0.2) is 4.79 Å². The number of carbonyl (C=O) groups is 1. The zero-order valence-electron chi connectivity index (χ0n) is 9.63. The Morgan fingerprint density at radius 2 is 2.06 bits per heavy atom. The Morgan fingerprint density at radius 1 is 1.35 bits per heavy atom. The Bertz CT molecular complexity index is 517. The third-order valence-corrected chi connectivity index (χ3v) is 2.49. The second kappa shape index (κ2) is 4.82. The van der Waals surface area contributed by atoms with Crippen LogP contribution in [-0.4, -0.2) is 20.9 Å². The van der Waals surface area contributed by atoms with Gasteiger partial charge in [0.2, 0.25) is 0 Å². The molecule has 2 aromatic rings. The number of carboxylic acid groups (broad SMARTS) is 1. The quantitative estimate of drug-likeness (QED) is 0.878. The average molecular weight is 230 g/mol. The molecule has 17 heavy (non-hydrogen) atoms. The number of aryl methyl sites for hydroxylation is 1. The predicted octanol–water partition coefficient (Wildman–Crippen LogP) is 2.66. The maximum atomic E-state index is 11.2. The van der Waals surface area contributed by atoms with E-state index in [2.05, 4.69) is 5.10 Å². The summed E-state index contributed by atoms with van der Waals surface area (Å²) in [5.74, 6) is -0.939. The molecular formula is C13H14N2O2. The van der Waals surface area contributed by atoms with Crippen LogP contribution in [0.3, 0.4) is 0 Å². The number of nitrogens with zero attached hydrogens (tertiary/aromatic N) is 2. The second-order valence-corrected chi connectivity index (χ2v) is 3.83. The van der Waals surface area contributed by atoms with Crippen LogP contribution in [0.1, 0.15) is 23.7 Å². The van der Waals surface area contributed by atoms with Gasteiger partial charge in [0.25, 0.3) is 0 Å². The molecule has 0 unspecified atom stereocenters. The van der Waals surface area contributed by atoms with Gasteiger partial charge in [-0.1, -0.05) is 37.3 Å². The molecule has 1 heterocycles. The molecule has 0 atom stereocenters. The minimum atomic E-state index is -0.939. The Kier molecular flexibility index (Phi) is 3.23. The molecule has 0 fully saturated rings. The number of benzene rings is 1. The highest BCUT2D eigenvalue weighted by Crippen LogP contribution is 2.21. The first-order valence-corrected chi connectivity index (χ1v) is 5.58. The summed E-state index contributed by atoms with van der Waals surface area (Å²) in [6.07, 6.45) is 2.52. The lowest BCUT2D eigenvalue weighted by molar-refractivity contribution is 0.0697. The molecule has 2 rings (SSSR count). The Balaban J connectivity index is 2.48. The van der Waals surface area contributed by atoms with E-state index < -0.39 is 5.97 Å². The van der Waals surface area contributed by atoms with Crippen LogP contribution in [0.25, 0.3) is 11.3 Å². The zero-order valence-corrected chi connectivity index (χ0v) is 9.63. The van der Waals surface area contributed by atoms with Crippen molar-refractivity contribution in [3.05, 3.63) is 42.1 Å². The van der Waals surface area contributed by atoms with E-state index in [0.29, 0.717) is 5.69 Å². The molecule has 0 radical (unpaired) electrons. The van der Waals surface area contributed by atoms with Gasteiger partial charge in [-0.3, -0.25) is 4.68 Å². The SMILES string of the molecule is CCCn1cc(C(=O)O)c(-c2ccccc2)n1. The normalized spacial score (nSPS) is 10.4. The lowest BCUT2D eigenvalue weighted by Crippen LogP contribution is -1.97. The van der Waals surface area contributed by atoms with Crippen LogP contribution in [0.5, 0.6) is 0 Å². The molecule has 0 aliphatic heterocycles. The molecule has 4 nitrogen and oxygen atoms in total. The van der Waals surface area contributed by atoms with Crippen LogP contribution < -0.4 is 0 Å². The number of aromatic nitrogens is 2. The van der Waals surface area contributed by atoms with Crippen molar-refractivity contribution >= 4 is 5.97 Å². The number of carboxylic acids is 1. The number of rotatable bonds is 4. The molecule has 1 aromatic carbocycles. The molecule has 0 amide bonds. The summed E-state index contributed by atoms with van der Waals surface area (Å²) in [4.78, 5) is 11.2. The van der Waals surface area contributed by atoms with Gasteiger partial charge in [0.1, 0.15) is 11.3 Å². The van der Waals surface area contributed by atoms with Crippen LogP contribution in [0, 0.1) is 0 Å². The maximum Gasteiger partial charge on any atom is 0.339 e. The third kappa shape index (κ3) is 2.36. The predicted molar refractivity (Wildman–Crippen MR) is 64.9 cm³/mol. The molecule has 0 aliphatic rings. The third-order valence-electron chi connectivity index (χ3n) is 2.49. The first-order chi connectivity index (χ1) is 8.22. The van der Waals surface area contributed by atoms with E-state index in [-0.39, 0.29) is 5.56 Å². The van der Waals surface area contributed by atoms with Crippen molar-refractivity contribution in [1.82, 2.24) is 9.78 Å². The van der Waals surface area contributed by atoms with E-state index in [1.165, 1.54) is 0 Å². The fourth-order valence-corrected chi connectivity index (χ4v) is 1.73. The van der Waals surface area contributed by atoms with E-state index in [9.17, 15) is 4.79 Å². The van der Waals surface area contributed by atoms with Crippen LogP contribution in [0.2, 0.25) is 0 Å².